The second-order valence-corrected chi connectivity index (χ2v) is 8.11. The summed E-state index contributed by atoms with van der Waals surface area (Å²) < 4.78 is 1.05. The summed E-state index contributed by atoms with van der Waals surface area (Å²) in [4.78, 5) is 4.44. The van der Waals surface area contributed by atoms with E-state index in [0.29, 0.717) is 25.8 Å². The van der Waals surface area contributed by atoms with Gasteiger partial charge in [0.15, 0.2) is 11.4 Å². The average Bonchev–Trinajstić information content (AvgIpc) is 2.78. The minimum absolute atomic E-state index is 0.105. The number of hydrogen-bond donors (Lipinski definition) is 2. The van der Waals surface area contributed by atoms with E-state index < -0.39 is 5.60 Å². The molecule has 0 unspecified atom stereocenters. The molecular formula is C22H15Br2N3O2. The first kappa shape index (κ1) is 19.7. The highest BCUT2D eigenvalue weighted by molar-refractivity contribution is 9.11. The van der Waals surface area contributed by atoms with Crippen LogP contribution in [0.4, 0.5) is 0 Å². The fraction of sp³-hybridized carbons (Fsp3) is 0.0455. The first-order valence-corrected chi connectivity index (χ1v) is 10.3. The van der Waals surface area contributed by atoms with E-state index in [9.17, 15) is 10.2 Å². The zero-order chi connectivity index (χ0) is 20.4. The van der Waals surface area contributed by atoms with Gasteiger partial charge in [0.25, 0.3) is 0 Å². The maximum absolute atomic E-state index is 11.7. The molecule has 29 heavy (non-hydrogen) atoms. The third kappa shape index (κ3) is 3.69. The van der Waals surface area contributed by atoms with Gasteiger partial charge in [-0.2, -0.15) is 0 Å². The van der Waals surface area contributed by atoms with Crippen molar-refractivity contribution in [2.75, 3.05) is 0 Å². The summed E-state index contributed by atoms with van der Waals surface area (Å²) >= 11 is 6.63. The molecule has 0 aliphatic carbocycles. The van der Waals surface area contributed by atoms with Crippen molar-refractivity contribution in [3.63, 3.8) is 0 Å². The van der Waals surface area contributed by atoms with Gasteiger partial charge in [0.05, 0.1) is 15.1 Å². The van der Waals surface area contributed by atoms with Crippen molar-refractivity contribution >= 4 is 31.9 Å². The van der Waals surface area contributed by atoms with Gasteiger partial charge in [-0.15, -0.1) is 10.2 Å². The second kappa shape index (κ2) is 8.02. The number of aromatic hydroxyl groups is 1. The molecule has 0 saturated carbocycles. The zero-order valence-corrected chi connectivity index (χ0v) is 18.2. The number of nitrogens with zero attached hydrogens (tertiary/aromatic N) is 3. The average molecular weight is 513 g/mol. The molecule has 1 aromatic heterocycles. The summed E-state index contributed by atoms with van der Waals surface area (Å²) in [6, 6.07) is 22.0. The predicted octanol–water partition coefficient (Wildman–Crippen LogP) is 5.05. The lowest BCUT2D eigenvalue weighted by Gasteiger charge is -2.27. The summed E-state index contributed by atoms with van der Waals surface area (Å²) in [6.45, 7) is 0. The molecule has 144 valence electrons. The molecule has 5 nitrogen and oxygen atoms in total. The van der Waals surface area contributed by atoms with Gasteiger partial charge in [-0.3, -0.25) is 0 Å². The van der Waals surface area contributed by atoms with Gasteiger partial charge in [0.1, 0.15) is 11.4 Å². The van der Waals surface area contributed by atoms with Crippen LogP contribution < -0.4 is 0 Å². The van der Waals surface area contributed by atoms with E-state index in [1.807, 2.05) is 60.7 Å². The van der Waals surface area contributed by atoms with Gasteiger partial charge in [-0.05, 0) is 55.1 Å². The highest BCUT2D eigenvalue weighted by Gasteiger charge is 2.37. The van der Waals surface area contributed by atoms with Gasteiger partial charge in [-0.1, -0.05) is 60.7 Å². The molecule has 4 aromatic rings. The van der Waals surface area contributed by atoms with Crippen molar-refractivity contribution in [3.8, 4) is 17.0 Å². The number of aliphatic hydroxyl groups is 1. The van der Waals surface area contributed by atoms with Crippen molar-refractivity contribution in [1.29, 1.82) is 0 Å². The minimum atomic E-state index is -1.54. The Morgan fingerprint density at radius 2 is 1.28 bits per heavy atom. The van der Waals surface area contributed by atoms with Gasteiger partial charge in [-0.25, -0.2) is 4.98 Å². The van der Waals surface area contributed by atoms with Crippen LogP contribution >= 0.6 is 31.9 Å². The Labute approximate surface area is 184 Å². The van der Waals surface area contributed by atoms with Gasteiger partial charge < -0.3 is 10.2 Å². The Hall–Kier alpha value is -2.61. The SMILES string of the molecule is Oc1c(Br)cc(-c2cnc(C(O)(c3ccccc3)c3ccccc3)nn2)cc1Br. The topological polar surface area (TPSA) is 79.1 Å². The minimum Gasteiger partial charge on any atom is -0.506 e. The molecule has 0 saturated heterocycles. The van der Waals surface area contributed by atoms with Gasteiger partial charge in [0.2, 0.25) is 0 Å². The Morgan fingerprint density at radius 1 is 0.759 bits per heavy atom. The van der Waals surface area contributed by atoms with Crippen LogP contribution in [0.1, 0.15) is 17.0 Å². The number of phenols is 1. The molecule has 0 bridgehead atoms. The van der Waals surface area contributed by atoms with E-state index in [4.69, 9.17) is 0 Å². The van der Waals surface area contributed by atoms with Crippen LogP contribution in [0, 0.1) is 0 Å². The lowest BCUT2D eigenvalue weighted by Crippen LogP contribution is -2.31. The smallest absolute Gasteiger partial charge is 0.192 e. The quantitative estimate of drug-likeness (QED) is 0.400. The van der Waals surface area contributed by atoms with Crippen LogP contribution in [-0.4, -0.2) is 25.4 Å². The Bertz CT molecular complexity index is 1080. The first-order chi connectivity index (χ1) is 14.0. The molecule has 7 heteroatoms. The number of aromatic nitrogens is 3. The van der Waals surface area contributed by atoms with Crippen LogP contribution in [0.5, 0.6) is 5.75 Å². The van der Waals surface area contributed by atoms with Crippen molar-refractivity contribution in [3.05, 3.63) is 105 Å². The third-order valence-electron chi connectivity index (χ3n) is 4.58. The first-order valence-electron chi connectivity index (χ1n) is 8.72. The fourth-order valence-corrected chi connectivity index (χ4v) is 4.26. The van der Waals surface area contributed by atoms with Crippen molar-refractivity contribution in [2.45, 2.75) is 5.60 Å². The maximum atomic E-state index is 11.7. The van der Waals surface area contributed by atoms with E-state index in [2.05, 4.69) is 47.0 Å². The van der Waals surface area contributed by atoms with Crippen LogP contribution in [0.3, 0.4) is 0 Å². The van der Waals surface area contributed by atoms with Gasteiger partial charge >= 0.3 is 0 Å². The van der Waals surface area contributed by atoms with E-state index >= 15 is 0 Å². The Kier molecular flexibility index (Phi) is 5.45. The molecule has 0 aliphatic heterocycles. The zero-order valence-electron chi connectivity index (χ0n) is 15.0. The highest BCUT2D eigenvalue weighted by Crippen LogP contribution is 2.37. The molecule has 0 spiro atoms. The summed E-state index contributed by atoms with van der Waals surface area (Å²) in [5, 5.41) is 30.1. The molecule has 1 heterocycles. The molecular weight excluding hydrogens is 498 g/mol. The third-order valence-corrected chi connectivity index (χ3v) is 5.79. The van der Waals surface area contributed by atoms with Gasteiger partial charge in [0, 0.05) is 5.56 Å². The molecule has 0 radical (unpaired) electrons. The number of benzene rings is 3. The molecule has 2 N–H and O–H groups in total. The molecule has 0 atom stereocenters. The monoisotopic (exact) mass is 511 g/mol. The predicted molar refractivity (Wildman–Crippen MR) is 117 cm³/mol. The van der Waals surface area contributed by atoms with E-state index in [0.717, 1.165) is 5.56 Å². The fourth-order valence-electron chi connectivity index (χ4n) is 3.07. The lowest BCUT2D eigenvalue weighted by molar-refractivity contribution is 0.114. The largest absolute Gasteiger partial charge is 0.506 e. The molecule has 3 aromatic carbocycles. The maximum Gasteiger partial charge on any atom is 0.192 e. The summed E-state index contributed by atoms with van der Waals surface area (Å²) in [5.74, 6) is 0.282. The molecule has 0 amide bonds. The van der Waals surface area contributed by atoms with Crippen LogP contribution in [-0.2, 0) is 5.60 Å². The Morgan fingerprint density at radius 3 is 1.72 bits per heavy atom. The second-order valence-electron chi connectivity index (χ2n) is 6.40. The van der Waals surface area contributed by atoms with E-state index in [1.165, 1.54) is 0 Å². The van der Waals surface area contributed by atoms with Crippen LogP contribution in [0.25, 0.3) is 11.3 Å². The Balaban J connectivity index is 1.81. The van der Waals surface area contributed by atoms with Crippen LogP contribution in [0.2, 0.25) is 0 Å². The highest BCUT2D eigenvalue weighted by atomic mass is 79.9. The molecule has 0 aliphatic rings. The van der Waals surface area contributed by atoms with Crippen molar-refractivity contribution in [1.82, 2.24) is 15.2 Å². The molecule has 4 rings (SSSR count). The van der Waals surface area contributed by atoms with E-state index in [1.54, 1.807) is 18.3 Å². The van der Waals surface area contributed by atoms with E-state index in [-0.39, 0.29) is 11.6 Å². The summed E-state index contributed by atoms with van der Waals surface area (Å²) in [7, 11) is 0. The number of hydrogen-bond acceptors (Lipinski definition) is 5. The molecule has 0 fully saturated rings. The summed E-state index contributed by atoms with van der Waals surface area (Å²) in [5.41, 5.74) is 0.992. The summed E-state index contributed by atoms with van der Waals surface area (Å²) in [6.07, 6.45) is 1.56. The van der Waals surface area contributed by atoms with Crippen molar-refractivity contribution < 1.29 is 10.2 Å². The number of phenolic OH excluding ortho intramolecular Hbond substituents is 1. The number of halogens is 2. The van der Waals surface area contributed by atoms with Crippen molar-refractivity contribution in [2.24, 2.45) is 0 Å². The normalized spacial score (nSPS) is 11.4. The van der Waals surface area contributed by atoms with Crippen LogP contribution in [0.15, 0.2) is 87.9 Å². The number of rotatable bonds is 4. The lowest BCUT2D eigenvalue weighted by atomic mass is 9.85. The standard InChI is InChI=1S/C22H15Br2N3O2/c23-17-11-14(12-18(24)20(17)28)19-13-25-21(27-26-19)22(29,15-7-3-1-4-8-15)16-9-5-2-6-10-16/h1-13,28-29H.